The number of hydrogen-bond donors (Lipinski definition) is 3. The predicted octanol–water partition coefficient (Wildman–Crippen LogP) is 1.41. The summed E-state index contributed by atoms with van der Waals surface area (Å²) < 4.78 is 54.1. The van der Waals surface area contributed by atoms with Crippen molar-refractivity contribution < 1.29 is 27.1 Å². The summed E-state index contributed by atoms with van der Waals surface area (Å²) in [4.78, 5) is 15.3. The number of nitrogens with one attached hydrogen (secondary N) is 2. The Morgan fingerprint density at radius 3 is 2.76 bits per heavy atom. The van der Waals surface area contributed by atoms with Gasteiger partial charge < -0.3 is 21.1 Å². The minimum absolute atomic E-state index is 0.125. The molecule has 1 rings (SSSR count). The van der Waals surface area contributed by atoms with E-state index in [1.807, 2.05) is 0 Å². The Morgan fingerprint density at radius 1 is 1.52 bits per heavy atom. The molecule has 0 fully saturated rings. The largest absolute Gasteiger partial charge is 0.383 e. The second kappa shape index (κ2) is 7.41. The fraction of sp³-hybridized carbons (Fsp3) is 0.600. The van der Waals surface area contributed by atoms with Crippen LogP contribution in [0.5, 0.6) is 0 Å². The smallest absolute Gasteiger partial charge is 0.324 e. The van der Waals surface area contributed by atoms with Crippen LogP contribution in [-0.4, -0.2) is 50.0 Å². The van der Waals surface area contributed by atoms with Gasteiger partial charge in [0.15, 0.2) is 5.13 Å². The van der Waals surface area contributed by atoms with Crippen LogP contribution in [0.15, 0.2) is 0 Å². The zero-order chi connectivity index (χ0) is 16.0. The number of amides is 1. The van der Waals surface area contributed by atoms with Crippen molar-refractivity contribution in [1.82, 2.24) is 10.3 Å². The molecular weight excluding hydrogens is 316 g/mol. The monoisotopic (exact) mass is 330 g/mol. The number of nitrogen functional groups attached to an aromatic ring is 1. The van der Waals surface area contributed by atoms with Gasteiger partial charge in [-0.1, -0.05) is 11.3 Å². The third kappa shape index (κ3) is 5.01. The quantitative estimate of drug-likeness (QED) is 0.495. The number of anilines is 2. The molecule has 1 amide bonds. The van der Waals surface area contributed by atoms with Gasteiger partial charge in [-0.2, -0.15) is 8.78 Å². The maximum Gasteiger partial charge on any atom is 0.324 e. The van der Waals surface area contributed by atoms with Crippen molar-refractivity contribution >= 4 is 28.2 Å². The lowest BCUT2D eigenvalue weighted by Crippen LogP contribution is -2.41. The molecule has 0 aliphatic heterocycles. The van der Waals surface area contributed by atoms with E-state index in [0.717, 1.165) is 11.3 Å². The zero-order valence-corrected chi connectivity index (χ0v) is 11.8. The number of nitrogens with zero attached hydrogens (tertiary/aromatic N) is 1. The van der Waals surface area contributed by atoms with E-state index in [1.54, 1.807) is 5.32 Å². The summed E-state index contributed by atoms with van der Waals surface area (Å²) >= 11 is 0.830. The molecule has 4 N–H and O–H groups in total. The Hall–Kier alpha value is -1.62. The van der Waals surface area contributed by atoms with Gasteiger partial charge in [0.05, 0.1) is 13.2 Å². The number of ether oxygens (including phenoxy) is 1. The second-order valence-corrected chi connectivity index (χ2v) is 4.90. The highest BCUT2D eigenvalue weighted by Gasteiger charge is 2.41. The lowest BCUT2D eigenvalue weighted by atomic mass is 10.3. The van der Waals surface area contributed by atoms with Gasteiger partial charge in [0.1, 0.15) is 10.7 Å². The first-order valence-corrected chi connectivity index (χ1v) is 6.53. The molecule has 0 aromatic carbocycles. The maximum absolute atomic E-state index is 12.7. The van der Waals surface area contributed by atoms with Crippen molar-refractivity contribution in [2.24, 2.45) is 0 Å². The molecule has 1 aromatic heterocycles. The molecule has 0 bridgehead atoms. The number of carbonyl (C=O) groups is 1. The second-order valence-electron chi connectivity index (χ2n) is 3.90. The van der Waals surface area contributed by atoms with E-state index in [9.17, 15) is 22.4 Å². The molecule has 0 saturated heterocycles. The van der Waals surface area contributed by atoms with Gasteiger partial charge >= 0.3 is 12.3 Å². The molecule has 6 nitrogen and oxygen atoms in total. The first-order valence-electron chi connectivity index (χ1n) is 5.71. The van der Waals surface area contributed by atoms with Crippen molar-refractivity contribution in [3.05, 3.63) is 4.88 Å². The molecule has 1 aromatic rings. The highest BCUT2D eigenvalue weighted by atomic mass is 32.1. The molecule has 0 saturated carbocycles. The number of alkyl halides is 4. The van der Waals surface area contributed by atoms with Crippen LogP contribution in [0.4, 0.5) is 28.5 Å². The standard InChI is InChI=1S/C10H14F4N4O2S/c1-20-3-2-16-9-18-6(15)5(21-9)7(19)17-4-10(13,14)8(11)12/h8H,2-4,15H2,1H3,(H,16,18)(H,17,19). The van der Waals surface area contributed by atoms with Crippen LogP contribution < -0.4 is 16.4 Å². The van der Waals surface area contributed by atoms with Crippen molar-refractivity contribution in [2.45, 2.75) is 12.3 Å². The van der Waals surface area contributed by atoms with E-state index in [-0.39, 0.29) is 10.7 Å². The number of aromatic nitrogens is 1. The van der Waals surface area contributed by atoms with Crippen LogP contribution in [-0.2, 0) is 4.74 Å². The van der Waals surface area contributed by atoms with Gasteiger partial charge in [-0.3, -0.25) is 4.79 Å². The Bertz CT molecular complexity index is 484. The number of methoxy groups -OCH3 is 1. The summed E-state index contributed by atoms with van der Waals surface area (Å²) in [5, 5.41) is 4.82. The van der Waals surface area contributed by atoms with Crippen LogP contribution >= 0.6 is 11.3 Å². The molecule has 1 heterocycles. The van der Waals surface area contributed by atoms with Crippen LogP contribution in [0.1, 0.15) is 9.67 Å². The van der Waals surface area contributed by atoms with Gasteiger partial charge in [0, 0.05) is 13.7 Å². The predicted molar refractivity (Wildman–Crippen MR) is 70.2 cm³/mol. The summed E-state index contributed by atoms with van der Waals surface area (Å²) in [6, 6.07) is 0. The molecule has 0 aliphatic carbocycles. The molecule has 0 radical (unpaired) electrons. The topological polar surface area (TPSA) is 89.3 Å². The van der Waals surface area contributed by atoms with E-state index in [1.165, 1.54) is 7.11 Å². The van der Waals surface area contributed by atoms with Crippen molar-refractivity contribution in [2.75, 3.05) is 37.9 Å². The molecular formula is C10H14F4N4O2S. The Balaban J connectivity index is 2.62. The van der Waals surface area contributed by atoms with Crippen molar-refractivity contribution in [1.29, 1.82) is 0 Å². The molecule has 21 heavy (non-hydrogen) atoms. The van der Waals surface area contributed by atoms with Gasteiger partial charge in [-0.15, -0.1) is 0 Å². The minimum atomic E-state index is -4.30. The fourth-order valence-corrected chi connectivity index (χ4v) is 2.01. The Morgan fingerprint density at radius 2 is 2.19 bits per heavy atom. The van der Waals surface area contributed by atoms with Gasteiger partial charge in [-0.25, -0.2) is 13.8 Å². The first kappa shape index (κ1) is 17.4. The minimum Gasteiger partial charge on any atom is -0.383 e. The van der Waals surface area contributed by atoms with E-state index < -0.39 is 24.8 Å². The van der Waals surface area contributed by atoms with Gasteiger partial charge in [0.2, 0.25) is 0 Å². The number of nitrogens with two attached hydrogens (primary N) is 1. The highest BCUT2D eigenvalue weighted by Crippen LogP contribution is 2.26. The van der Waals surface area contributed by atoms with Crippen LogP contribution in [0, 0.1) is 0 Å². The van der Waals surface area contributed by atoms with Crippen molar-refractivity contribution in [3.63, 3.8) is 0 Å². The van der Waals surface area contributed by atoms with Crippen molar-refractivity contribution in [3.8, 4) is 0 Å². The molecule has 0 unspecified atom stereocenters. The van der Waals surface area contributed by atoms with E-state index in [4.69, 9.17) is 10.5 Å². The maximum atomic E-state index is 12.7. The number of rotatable bonds is 8. The van der Waals surface area contributed by atoms with E-state index >= 15 is 0 Å². The summed E-state index contributed by atoms with van der Waals surface area (Å²) in [7, 11) is 1.50. The lowest BCUT2D eigenvalue weighted by molar-refractivity contribution is -0.123. The molecule has 120 valence electrons. The lowest BCUT2D eigenvalue weighted by Gasteiger charge is -2.15. The number of halogens is 4. The van der Waals surface area contributed by atoms with Crippen LogP contribution in [0.3, 0.4) is 0 Å². The third-order valence-electron chi connectivity index (χ3n) is 2.25. The summed E-state index contributed by atoms with van der Waals surface area (Å²) in [5.41, 5.74) is 5.48. The molecule has 0 spiro atoms. The number of carbonyl (C=O) groups excluding carboxylic acids is 1. The highest BCUT2D eigenvalue weighted by molar-refractivity contribution is 7.18. The Labute approximate surface area is 121 Å². The first-order chi connectivity index (χ1) is 9.77. The molecule has 11 heteroatoms. The van der Waals surface area contributed by atoms with Gasteiger partial charge in [-0.05, 0) is 0 Å². The normalized spacial score (nSPS) is 11.7. The van der Waals surface area contributed by atoms with Crippen LogP contribution in [0.25, 0.3) is 0 Å². The summed E-state index contributed by atoms with van der Waals surface area (Å²) in [5.74, 6) is -5.45. The molecule has 0 atom stereocenters. The number of thiazole rings is 1. The summed E-state index contributed by atoms with van der Waals surface area (Å²) in [6.45, 7) is -0.678. The SMILES string of the molecule is COCCNc1nc(N)c(C(=O)NCC(F)(F)C(F)F)s1. The number of hydrogen-bond acceptors (Lipinski definition) is 6. The van der Waals surface area contributed by atoms with E-state index in [0.29, 0.717) is 18.3 Å². The Kier molecular flexibility index (Phi) is 6.15. The molecule has 0 aliphatic rings. The fourth-order valence-electron chi connectivity index (χ4n) is 1.19. The van der Waals surface area contributed by atoms with Gasteiger partial charge in [0.25, 0.3) is 5.91 Å². The van der Waals surface area contributed by atoms with Crippen LogP contribution in [0.2, 0.25) is 0 Å². The zero-order valence-electron chi connectivity index (χ0n) is 11.0. The third-order valence-corrected chi connectivity index (χ3v) is 3.27. The average molecular weight is 330 g/mol. The van der Waals surface area contributed by atoms with E-state index in [2.05, 4.69) is 10.3 Å². The average Bonchev–Trinajstić information content (AvgIpc) is 2.77. The summed E-state index contributed by atoms with van der Waals surface area (Å²) in [6.07, 6.45) is -3.86.